The molecule has 6 heteroatoms. The Morgan fingerprint density at radius 2 is 2.05 bits per heavy atom. The first-order valence-corrected chi connectivity index (χ1v) is 7.37. The van der Waals surface area contributed by atoms with E-state index in [9.17, 15) is 0 Å². The van der Waals surface area contributed by atoms with E-state index >= 15 is 0 Å². The number of hydrogen-bond acceptors (Lipinski definition) is 4. The second-order valence-electron chi connectivity index (χ2n) is 5.12. The van der Waals surface area contributed by atoms with E-state index < -0.39 is 0 Å². The number of fused-ring (bicyclic) bond motifs is 1. The molecule has 21 heavy (non-hydrogen) atoms. The van der Waals surface area contributed by atoms with Crippen LogP contribution in [0.1, 0.15) is 24.6 Å². The second kappa shape index (κ2) is 5.16. The lowest BCUT2D eigenvalue weighted by atomic mass is 9.99. The molecule has 0 aromatic carbocycles. The van der Waals surface area contributed by atoms with E-state index in [1.165, 1.54) is 0 Å². The van der Waals surface area contributed by atoms with Crippen LogP contribution in [-0.2, 0) is 4.74 Å². The molecule has 0 unspecified atom stereocenters. The monoisotopic (exact) mass is 303 g/mol. The van der Waals surface area contributed by atoms with Gasteiger partial charge in [0.1, 0.15) is 11.3 Å². The zero-order valence-electron chi connectivity index (χ0n) is 11.3. The fourth-order valence-electron chi connectivity index (χ4n) is 2.80. The minimum absolute atomic E-state index is 0.344. The third kappa shape index (κ3) is 2.22. The molecule has 108 valence electrons. The molecule has 0 saturated carbocycles. The minimum Gasteiger partial charge on any atom is -0.428 e. The quantitative estimate of drug-likeness (QED) is 0.726. The second-order valence-corrected chi connectivity index (χ2v) is 5.49. The van der Waals surface area contributed by atoms with Gasteiger partial charge in [0.05, 0.1) is 0 Å². The Morgan fingerprint density at radius 3 is 2.81 bits per heavy atom. The van der Waals surface area contributed by atoms with Crippen molar-refractivity contribution in [2.24, 2.45) is 0 Å². The predicted molar refractivity (Wildman–Crippen MR) is 78.9 cm³/mol. The van der Waals surface area contributed by atoms with E-state index in [4.69, 9.17) is 25.7 Å². The number of rotatable bonds is 2. The Kier molecular flexibility index (Phi) is 3.16. The summed E-state index contributed by atoms with van der Waals surface area (Å²) < 4.78 is 13.0. The molecule has 3 aromatic rings. The maximum atomic E-state index is 5.93. The van der Waals surface area contributed by atoms with Gasteiger partial charge in [-0.05, 0) is 42.6 Å². The van der Waals surface area contributed by atoms with E-state index in [0.29, 0.717) is 17.0 Å². The largest absolute Gasteiger partial charge is 0.428 e. The van der Waals surface area contributed by atoms with Gasteiger partial charge in [-0.2, -0.15) is 0 Å². The number of nitrogens with zero attached hydrogens (tertiary/aromatic N) is 3. The van der Waals surface area contributed by atoms with Crippen molar-refractivity contribution in [3.63, 3.8) is 0 Å². The highest BCUT2D eigenvalue weighted by Crippen LogP contribution is 2.32. The van der Waals surface area contributed by atoms with Crippen molar-refractivity contribution in [2.45, 2.75) is 18.8 Å². The molecule has 5 nitrogen and oxygen atoms in total. The molecule has 4 heterocycles. The summed E-state index contributed by atoms with van der Waals surface area (Å²) in [6, 6.07) is 7.44. The van der Waals surface area contributed by atoms with Crippen LogP contribution >= 0.6 is 11.6 Å². The van der Waals surface area contributed by atoms with Crippen molar-refractivity contribution in [3.05, 3.63) is 41.5 Å². The third-order valence-corrected chi connectivity index (χ3v) is 4.01. The lowest BCUT2D eigenvalue weighted by Crippen LogP contribution is -2.17. The van der Waals surface area contributed by atoms with Crippen molar-refractivity contribution in [2.75, 3.05) is 13.2 Å². The molecule has 3 aromatic heterocycles. The molecule has 4 rings (SSSR count). The molecule has 1 saturated heterocycles. The fraction of sp³-hybridized carbons (Fsp3) is 0.333. The summed E-state index contributed by atoms with van der Waals surface area (Å²) in [5.41, 5.74) is 1.66. The summed E-state index contributed by atoms with van der Waals surface area (Å²) in [5, 5.41) is 0.362. The minimum atomic E-state index is 0.344. The maximum Gasteiger partial charge on any atom is 0.208 e. The van der Waals surface area contributed by atoms with Crippen LogP contribution < -0.4 is 0 Å². The lowest BCUT2D eigenvalue weighted by Gasteiger charge is -2.21. The SMILES string of the molecule is Clc1ccc(-n2c(C3CCOCC3)nc3cccnc32)o1. The smallest absolute Gasteiger partial charge is 0.208 e. The van der Waals surface area contributed by atoms with Crippen LogP contribution in [0.25, 0.3) is 17.0 Å². The molecule has 1 aliphatic rings. The van der Waals surface area contributed by atoms with Gasteiger partial charge in [0.25, 0.3) is 0 Å². The Morgan fingerprint density at radius 1 is 1.19 bits per heavy atom. The highest BCUT2D eigenvalue weighted by atomic mass is 35.5. The first-order valence-electron chi connectivity index (χ1n) is 7.00. The standard InChI is InChI=1S/C15H14ClN3O2/c16-12-3-4-13(21-12)19-14(10-5-8-20-9-6-10)18-11-2-1-7-17-15(11)19/h1-4,7,10H,5-6,8-9H2. The molecule has 1 fully saturated rings. The van der Waals surface area contributed by atoms with Gasteiger partial charge in [-0.3, -0.25) is 0 Å². The number of imidazole rings is 1. The predicted octanol–water partition coefficient (Wildman–Crippen LogP) is 3.56. The first kappa shape index (κ1) is 12.9. The van der Waals surface area contributed by atoms with Crippen molar-refractivity contribution in [1.29, 1.82) is 0 Å². The van der Waals surface area contributed by atoms with E-state index in [0.717, 1.165) is 43.0 Å². The Hall–Kier alpha value is -1.85. The van der Waals surface area contributed by atoms with Crippen molar-refractivity contribution in [1.82, 2.24) is 14.5 Å². The highest BCUT2D eigenvalue weighted by Gasteiger charge is 2.25. The zero-order chi connectivity index (χ0) is 14.2. The summed E-state index contributed by atoms with van der Waals surface area (Å²) >= 11 is 5.93. The molecule has 0 amide bonds. The normalized spacial score (nSPS) is 16.6. The van der Waals surface area contributed by atoms with E-state index in [1.807, 2.05) is 22.8 Å². The summed E-state index contributed by atoms with van der Waals surface area (Å²) in [6.45, 7) is 1.53. The van der Waals surface area contributed by atoms with Crippen molar-refractivity contribution >= 4 is 22.8 Å². The van der Waals surface area contributed by atoms with Gasteiger partial charge in [0.2, 0.25) is 5.88 Å². The molecular formula is C15H14ClN3O2. The average molecular weight is 304 g/mol. The average Bonchev–Trinajstić information content (AvgIpc) is 3.11. The molecule has 0 radical (unpaired) electrons. The van der Waals surface area contributed by atoms with Gasteiger partial charge in [0.15, 0.2) is 10.9 Å². The number of furan rings is 1. The topological polar surface area (TPSA) is 53.1 Å². The van der Waals surface area contributed by atoms with E-state index in [2.05, 4.69) is 4.98 Å². The third-order valence-electron chi connectivity index (χ3n) is 3.81. The first-order chi connectivity index (χ1) is 10.3. The molecule has 0 N–H and O–H groups in total. The number of aromatic nitrogens is 3. The van der Waals surface area contributed by atoms with Crippen LogP contribution in [-0.4, -0.2) is 27.7 Å². The molecular weight excluding hydrogens is 290 g/mol. The number of pyridine rings is 1. The summed E-state index contributed by atoms with van der Waals surface area (Å²) in [4.78, 5) is 9.21. The van der Waals surface area contributed by atoms with Crippen LogP contribution in [0.15, 0.2) is 34.9 Å². The summed E-state index contributed by atoms with van der Waals surface area (Å²) in [7, 11) is 0. The molecule has 0 bridgehead atoms. The van der Waals surface area contributed by atoms with Crippen LogP contribution in [0, 0.1) is 0 Å². The lowest BCUT2D eigenvalue weighted by molar-refractivity contribution is 0.0832. The van der Waals surface area contributed by atoms with Gasteiger partial charge in [-0.25, -0.2) is 14.5 Å². The number of halogens is 1. The van der Waals surface area contributed by atoms with Crippen molar-refractivity contribution in [3.8, 4) is 5.88 Å². The van der Waals surface area contributed by atoms with Crippen LogP contribution in [0.2, 0.25) is 5.22 Å². The van der Waals surface area contributed by atoms with Crippen molar-refractivity contribution < 1.29 is 9.15 Å². The van der Waals surface area contributed by atoms with Crippen LogP contribution in [0.4, 0.5) is 0 Å². The highest BCUT2D eigenvalue weighted by molar-refractivity contribution is 6.28. The Balaban J connectivity index is 1.92. The molecule has 0 atom stereocenters. The fourth-order valence-corrected chi connectivity index (χ4v) is 2.94. The zero-order valence-corrected chi connectivity index (χ0v) is 12.1. The van der Waals surface area contributed by atoms with Gasteiger partial charge in [-0.15, -0.1) is 0 Å². The van der Waals surface area contributed by atoms with Gasteiger partial charge in [0, 0.05) is 31.4 Å². The molecule has 1 aliphatic heterocycles. The van der Waals surface area contributed by atoms with E-state index in [1.54, 1.807) is 12.3 Å². The van der Waals surface area contributed by atoms with E-state index in [-0.39, 0.29) is 0 Å². The molecule has 0 spiro atoms. The number of hydrogen-bond donors (Lipinski definition) is 0. The van der Waals surface area contributed by atoms with Gasteiger partial charge >= 0.3 is 0 Å². The molecule has 0 aliphatic carbocycles. The van der Waals surface area contributed by atoms with Crippen LogP contribution in [0.3, 0.4) is 0 Å². The van der Waals surface area contributed by atoms with Crippen LogP contribution in [0.5, 0.6) is 0 Å². The summed E-state index contributed by atoms with van der Waals surface area (Å²) in [5.74, 6) is 1.97. The van der Waals surface area contributed by atoms with Gasteiger partial charge in [-0.1, -0.05) is 0 Å². The Bertz CT molecular complexity index is 774. The number of ether oxygens (including phenoxy) is 1. The Labute approximate surface area is 126 Å². The maximum absolute atomic E-state index is 5.93. The summed E-state index contributed by atoms with van der Waals surface area (Å²) in [6.07, 6.45) is 3.67. The van der Waals surface area contributed by atoms with Gasteiger partial charge < -0.3 is 9.15 Å².